The molecule has 0 unspecified atom stereocenters. The highest BCUT2D eigenvalue weighted by molar-refractivity contribution is 5.96. The molecule has 0 spiro atoms. The molecule has 1 aromatic carbocycles. The molecule has 0 saturated heterocycles. The fourth-order valence-electron chi connectivity index (χ4n) is 1.90. The van der Waals surface area contributed by atoms with Crippen molar-refractivity contribution >= 4 is 11.9 Å². The predicted octanol–water partition coefficient (Wildman–Crippen LogP) is 1.46. The first kappa shape index (κ1) is 13.4. The Hall–Kier alpha value is -2.04. The summed E-state index contributed by atoms with van der Waals surface area (Å²) in [6, 6.07) is 5.29. The highest BCUT2D eigenvalue weighted by Crippen LogP contribution is 2.33. The quantitative estimate of drug-likeness (QED) is 0.789. The normalized spacial score (nSPS) is 15.6. The lowest BCUT2D eigenvalue weighted by atomic mass is 10.1. The average molecular weight is 263 g/mol. The lowest BCUT2D eigenvalue weighted by Gasteiger charge is -2.16. The lowest BCUT2D eigenvalue weighted by molar-refractivity contribution is -0.143. The lowest BCUT2D eigenvalue weighted by Crippen LogP contribution is -2.41. The number of esters is 1. The van der Waals surface area contributed by atoms with Crippen molar-refractivity contribution in [3.05, 3.63) is 29.8 Å². The van der Waals surface area contributed by atoms with E-state index in [0.717, 1.165) is 12.8 Å². The fraction of sp³-hybridized carbons (Fsp3) is 0.429. The topological polar surface area (TPSA) is 75.6 Å². The van der Waals surface area contributed by atoms with Gasteiger partial charge >= 0.3 is 5.97 Å². The van der Waals surface area contributed by atoms with Crippen LogP contribution in [0.2, 0.25) is 0 Å². The molecule has 1 saturated carbocycles. The summed E-state index contributed by atoms with van der Waals surface area (Å²) < 4.78 is 4.70. The summed E-state index contributed by atoms with van der Waals surface area (Å²) in [5.74, 6) is -0.154. The highest BCUT2D eigenvalue weighted by Gasteiger charge is 2.31. The van der Waals surface area contributed by atoms with Crippen molar-refractivity contribution in [2.24, 2.45) is 5.92 Å². The van der Waals surface area contributed by atoms with Gasteiger partial charge in [0.25, 0.3) is 5.91 Å². The van der Waals surface area contributed by atoms with E-state index in [1.807, 2.05) is 0 Å². The van der Waals surface area contributed by atoms with E-state index in [1.54, 1.807) is 0 Å². The second-order valence-corrected chi connectivity index (χ2v) is 4.78. The van der Waals surface area contributed by atoms with Gasteiger partial charge in [-0.05, 0) is 36.6 Å². The molecule has 0 aromatic heterocycles. The summed E-state index contributed by atoms with van der Waals surface area (Å²) in [4.78, 5) is 23.6. The van der Waals surface area contributed by atoms with E-state index in [0.29, 0.717) is 17.9 Å². The molecular weight excluding hydrogens is 246 g/mol. The van der Waals surface area contributed by atoms with Gasteiger partial charge in [0.15, 0.2) is 0 Å². The Balaban J connectivity index is 2.00. The zero-order valence-electron chi connectivity index (χ0n) is 10.8. The highest BCUT2D eigenvalue weighted by atomic mass is 16.5. The molecule has 5 nitrogen and oxygen atoms in total. The fourth-order valence-corrected chi connectivity index (χ4v) is 1.90. The SMILES string of the molecule is COC(=O)[C@@H](CC1CC1)NC(=O)c1ccc(O)cc1. The van der Waals surface area contributed by atoms with E-state index in [-0.39, 0.29) is 11.7 Å². The molecule has 0 bridgehead atoms. The van der Waals surface area contributed by atoms with Crippen molar-refractivity contribution in [1.29, 1.82) is 0 Å². The third-order valence-electron chi connectivity index (χ3n) is 3.19. The number of carbonyl (C=O) groups is 2. The van der Waals surface area contributed by atoms with Crippen LogP contribution < -0.4 is 5.32 Å². The number of aromatic hydroxyl groups is 1. The van der Waals surface area contributed by atoms with Crippen LogP contribution in [0.15, 0.2) is 24.3 Å². The maximum absolute atomic E-state index is 12.0. The van der Waals surface area contributed by atoms with Gasteiger partial charge in [0.05, 0.1) is 7.11 Å². The standard InChI is InChI=1S/C14H17NO4/c1-19-14(18)12(8-9-2-3-9)15-13(17)10-4-6-11(16)7-5-10/h4-7,9,12,16H,2-3,8H2,1H3,(H,15,17)/t12-/m1/s1. The molecule has 2 rings (SSSR count). The van der Waals surface area contributed by atoms with Gasteiger partial charge < -0.3 is 15.2 Å². The van der Waals surface area contributed by atoms with E-state index >= 15 is 0 Å². The Morgan fingerprint density at radius 2 is 2.00 bits per heavy atom. The van der Waals surface area contributed by atoms with Crippen molar-refractivity contribution in [2.75, 3.05) is 7.11 Å². The van der Waals surface area contributed by atoms with E-state index in [4.69, 9.17) is 9.84 Å². The molecule has 0 heterocycles. The number of hydrogen-bond acceptors (Lipinski definition) is 4. The summed E-state index contributed by atoms with van der Waals surface area (Å²) in [5.41, 5.74) is 0.405. The zero-order chi connectivity index (χ0) is 13.8. The van der Waals surface area contributed by atoms with Gasteiger partial charge in [-0.3, -0.25) is 4.79 Å². The Morgan fingerprint density at radius 1 is 1.37 bits per heavy atom. The average Bonchev–Trinajstić information content (AvgIpc) is 3.21. The maximum atomic E-state index is 12.0. The molecule has 102 valence electrons. The minimum absolute atomic E-state index is 0.0963. The van der Waals surface area contributed by atoms with Crippen molar-refractivity contribution in [3.63, 3.8) is 0 Å². The van der Waals surface area contributed by atoms with Crippen LogP contribution in [0, 0.1) is 5.92 Å². The van der Waals surface area contributed by atoms with E-state index in [1.165, 1.54) is 31.4 Å². The van der Waals surface area contributed by atoms with E-state index in [2.05, 4.69) is 5.32 Å². The van der Waals surface area contributed by atoms with Gasteiger partial charge in [-0.2, -0.15) is 0 Å². The molecule has 1 aliphatic rings. The van der Waals surface area contributed by atoms with Crippen LogP contribution in [-0.4, -0.2) is 30.1 Å². The Morgan fingerprint density at radius 3 is 2.53 bits per heavy atom. The number of methoxy groups -OCH3 is 1. The molecule has 5 heteroatoms. The summed E-state index contributed by atoms with van der Waals surface area (Å²) in [7, 11) is 1.31. The Kier molecular flexibility index (Phi) is 4.04. The van der Waals surface area contributed by atoms with Crippen LogP contribution in [0.25, 0.3) is 0 Å². The minimum Gasteiger partial charge on any atom is -0.508 e. The summed E-state index contributed by atoms with van der Waals surface area (Å²) >= 11 is 0. The van der Waals surface area contributed by atoms with Gasteiger partial charge in [-0.15, -0.1) is 0 Å². The van der Waals surface area contributed by atoms with Crippen LogP contribution in [0.3, 0.4) is 0 Å². The molecule has 0 aliphatic heterocycles. The van der Waals surface area contributed by atoms with Crippen molar-refractivity contribution in [1.82, 2.24) is 5.32 Å². The first-order chi connectivity index (χ1) is 9.10. The van der Waals surface area contributed by atoms with Crippen LogP contribution >= 0.6 is 0 Å². The molecule has 2 N–H and O–H groups in total. The summed E-state index contributed by atoms with van der Waals surface area (Å²) in [6.45, 7) is 0. The van der Waals surface area contributed by atoms with Gasteiger partial charge in [-0.25, -0.2) is 4.79 Å². The number of phenols is 1. The number of phenolic OH excluding ortho intramolecular Hbond substituents is 1. The first-order valence-electron chi connectivity index (χ1n) is 6.28. The second-order valence-electron chi connectivity index (χ2n) is 4.78. The Labute approximate surface area is 111 Å². The van der Waals surface area contributed by atoms with Crippen LogP contribution in [-0.2, 0) is 9.53 Å². The van der Waals surface area contributed by atoms with Crippen LogP contribution in [0.5, 0.6) is 5.75 Å². The molecule has 1 amide bonds. The Bertz CT molecular complexity index is 465. The number of amides is 1. The molecule has 1 atom stereocenters. The number of carbonyl (C=O) groups excluding carboxylic acids is 2. The first-order valence-corrected chi connectivity index (χ1v) is 6.28. The number of rotatable bonds is 5. The van der Waals surface area contributed by atoms with Crippen molar-refractivity contribution in [3.8, 4) is 5.75 Å². The monoisotopic (exact) mass is 263 g/mol. The van der Waals surface area contributed by atoms with E-state index in [9.17, 15) is 9.59 Å². The number of ether oxygens (including phenoxy) is 1. The molecule has 1 aliphatic carbocycles. The third kappa shape index (κ3) is 3.71. The number of hydrogen-bond donors (Lipinski definition) is 2. The number of nitrogens with one attached hydrogen (secondary N) is 1. The maximum Gasteiger partial charge on any atom is 0.328 e. The molecular formula is C14H17NO4. The molecule has 0 radical (unpaired) electrons. The summed E-state index contributed by atoms with van der Waals surface area (Å²) in [5, 5.41) is 11.8. The summed E-state index contributed by atoms with van der Waals surface area (Å²) in [6.07, 6.45) is 2.82. The molecule has 19 heavy (non-hydrogen) atoms. The predicted molar refractivity (Wildman–Crippen MR) is 68.7 cm³/mol. The van der Waals surface area contributed by atoms with Gasteiger partial charge in [0.1, 0.15) is 11.8 Å². The largest absolute Gasteiger partial charge is 0.508 e. The second kappa shape index (κ2) is 5.73. The minimum atomic E-state index is -0.598. The molecule has 1 aromatic rings. The smallest absolute Gasteiger partial charge is 0.328 e. The van der Waals surface area contributed by atoms with Gasteiger partial charge in [0, 0.05) is 5.56 Å². The van der Waals surface area contributed by atoms with Crippen molar-refractivity contribution in [2.45, 2.75) is 25.3 Å². The van der Waals surface area contributed by atoms with Gasteiger partial charge in [0.2, 0.25) is 0 Å². The van der Waals surface area contributed by atoms with Crippen molar-refractivity contribution < 1.29 is 19.4 Å². The third-order valence-corrected chi connectivity index (χ3v) is 3.19. The van der Waals surface area contributed by atoms with Crippen LogP contribution in [0.4, 0.5) is 0 Å². The van der Waals surface area contributed by atoms with Crippen LogP contribution in [0.1, 0.15) is 29.6 Å². The molecule has 1 fully saturated rings. The van der Waals surface area contributed by atoms with E-state index < -0.39 is 12.0 Å². The van der Waals surface area contributed by atoms with Gasteiger partial charge in [-0.1, -0.05) is 12.8 Å². The zero-order valence-corrected chi connectivity index (χ0v) is 10.8. The number of benzene rings is 1.